The summed E-state index contributed by atoms with van der Waals surface area (Å²) in [5.74, 6) is 3.51. The maximum atomic E-state index is 5.92. The molecule has 3 aromatic rings. The van der Waals surface area contributed by atoms with Crippen molar-refractivity contribution in [3.63, 3.8) is 0 Å². The number of nitrogens with zero attached hydrogens (tertiary/aromatic N) is 4. The predicted molar refractivity (Wildman–Crippen MR) is 115 cm³/mol. The van der Waals surface area contributed by atoms with Crippen molar-refractivity contribution in [1.82, 2.24) is 25.4 Å². The molecule has 1 aliphatic rings. The second kappa shape index (κ2) is 10.1. The van der Waals surface area contributed by atoms with Gasteiger partial charge in [0, 0.05) is 39.0 Å². The minimum atomic E-state index is 0.525. The van der Waals surface area contributed by atoms with Crippen molar-refractivity contribution < 1.29 is 9.15 Å². The van der Waals surface area contributed by atoms with Crippen LogP contribution in [-0.4, -0.2) is 59.3 Å². The molecule has 2 N–H and O–H groups in total. The SMILES string of the molecule is CN=C(NCCc1nc(-c2ccco2)n[nH]1)N1CCC(COCc2ccccc2)C1. The number of nitrogens with one attached hydrogen (secondary N) is 2. The first-order valence-electron chi connectivity index (χ1n) is 10.3. The van der Waals surface area contributed by atoms with E-state index < -0.39 is 0 Å². The average Bonchev–Trinajstić information content (AvgIpc) is 3.54. The number of hydrogen-bond donors (Lipinski definition) is 2. The third-order valence-electron chi connectivity index (χ3n) is 5.18. The van der Waals surface area contributed by atoms with E-state index in [0.717, 1.165) is 50.9 Å². The molecule has 1 fully saturated rings. The van der Waals surface area contributed by atoms with Crippen molar-refractivity contribution in [2.45, 2.75) is 19.4 Å². The first-order chi connectivity index (χ1) is 14.8. The molecule has 8 heteroatoms. The third kappa shape index (κ3) is 5.27. The number of likely N-dealkylation sites (tertiary alicyclic amines) is 1. The van der Waals surface area contributed by atoms with Gasteiger partial charge in [-0.25, -0.2) is 4.98 Å². The van der Waals surface area contributed by atoms with Gasteiger partial charge in [-0.3, -0.25) is 10.1 Å². The zero-order valence-corrected chi connectivity index (χ0v) is 17.3. The fraction of sp³-hybridized carbons (Fsp3) is 0.409. The third-order valence-corrected chi connectivity index (χ3v) is 5.18. The number of benzene rings is 1. The normalized spacial score (nSPS) is 16.9. The molecular formula is C22H28N6O2. The van der Waals surface area contributed by atoms with Crippen LogP contribution >= 0.6 is 0 Å². The van der Waals surface area contributed by atoms with Gasteiger partial charge in [0.15, 0.2) is 11.7 Å². The number of guanidine groups is 1. The van der Waals surface area contributed by atoms with Gasteiger partial charge in [0.25, 0.3) is 0 Å². The Morgan fingerprint density at radius 3 is 3.00 bits per heavy atom. The monoisotopic (exact) mass is 408 g/mol. The van der Waals surface area contributed by atoms with Crippen LogP contribution in [0.1, 0.15) is 17.8 Å². The van der Waals surface area contributed by atoms with Gasteiger partial charge in [-0.2, -0.15) is 5.10 Å². The molecule has 3 heterocycles. The number of aliphatic imine (C=N–C) groups is 1. The first-order valence-corrected chi connectivity index (χ1v) is 10.3. The Labute approximate surface area is 176 Å². The van der Waals surface area contributed by atoms with Crippen LogP contribution in [0.25, 0.3) is 11.6 Å². The van der Waals surface area contributed by atoms with E-state index in [1.165, 1.54) is 5.56 Å². The van der Waals surface area contributed by atoms with E-state index in [-0.39, 0.29) is 0 Å². The lowest BCUT2D eigenvalue weighted by atomic mass is 10.1. The standard InChI is InChI=1S/C22H28N6O2/c1-23-22(24-11-9-20-25-21(27-26-20)19-8-5-13-30-19)28-12-10-18(14-28)16-29-15-17-6-3-2-4-7-17/h2-8,13,18H,9-12,14-16H2,1H3,(H,23,24)(H,25,26,27). The van der Waals surface area contributed by atoms with E-state index in [1.807, 2.05) is 37.4 Å². The van der Waals surface area contributed by atoms with E-state index in [0.29, 0.717) is 24.1 Å². The van der Waals surface area contributed by atoms with Crippen molar-refractivity contribution in [2.24, 2.45) is 10.9 Å². The van der Waals surface area contributed by atoms with Crippen molar-refractivity contribution >= 4 is 5.96 Å². The molecule has 4 rings (SSSR count). The molecule has 1 aromatic carbocycles. The summed E-state index contributed by atoms with van der Waals surface area (Å²) in [7, 11) is 1.82. The highest BCUT2D eigenvalue weighted by atomic mass is 16.5. The Morgan fingerprint density at radius 2 is 2.20 bits per heavy atom. The molecular weight excluding hydrogens is 380 g/mol. The Morgan fingerprint density at radius 1 is 1.30 bits per heavy atom. The van der Waals surface area contributed by atoms with Crippen molar-refractivity contribution in [3.05, 3.63) is 60.1 Å². The second-order valence-corrected chi connectivity index (χ2v) is 7.41. The van der Waals surface area contributed by atoms with Crippen LogP contribution in [0.15, 0.2) is 58.1 Å². The van der Waals surface area contributed by atoms with Crippen LogP contribution in [-0.2, 0) is 17.8 Å². The van der Waals surface area contributed by atoms with Gasteiger partial charge < -0.3 is 19.4 Å². The molecule has 0 spiro atoms. The molecule has 0 aliphatic carbocycles. The number of ether oxygens (including phenoxy) is 1. The summed E-state index contributed by atoms with van der Waals surface area (Å²) in [5.41, 5.74) is 1.22. The van der Waals surface area contributed by atoms with E-state index >= 15 is 0 Å². The molecule has 1 saturated heterocycles. The van der Waals surface area contributed by atoms with Gasteiger partial charge in [0.2, 0.25) is 5.82 Å². The first kappa shape index (κ1) is 20.2. The van der Waals surface area contributed by atoms with Crippen LogP contribution in [0, 0.1) is 5.92 Å². The lowest BCUT2D eigenvalue weighted by Gasteiger charge is -2.21. The number of furan rings is 1. The maximum Gasteiger partial charge on any atom is 0.216 e. The largest absolute Gasteiger partial charge is 0.461 e. The van der Waals surface area contributed by atoms with Gasteiger partial charge in [-0.1, -0.05) is 30.3 Å². The Hall–Kier alpha value is -3.13. The van der Waals surface area contributed by atoms with Crippen LogP contribution in [0.5, 0.6) is 0 Å². The summed E-state index contributed by atoms with van der Waals surface area (Å²) < 4.78 is 11.3. The van der Waals surface area contributed by atoms with E-state index in [1.54, 1.807) is 6.26 Å². The van der Waals surface area contributed by atoms with Gasteiger partial charge in [0.05, 0.1) is 19.5 Å². The van der Waals surface area contributed by atoms with Crippen molar-refractivity contribution in [2.75, 3.05) is 33.3 Å². The Balaban J connectivity index is 1.18. The van der Waals surface area contributed by atoms with Crippen LogP contribution < -0.4 is 5.32 Å². The van der Waals surface area contributed by atoms with Crippen molar-refractivity contribution in [3.8, 4) is 11.6 Å². The number of hydrogen-bond acceptors (Lipinski definition) is 5. The fourth-order valence-electron chi connectivity index (χ4n) is 3.63. The highest BCUT2D eigenvalue weighted by molar-refractivity contribution is 5.80. The average molecular weight is 409 g/mol. The molecule has 30 heavy (non-hydrogen) atoms. The zero-order valence-electron chi connectivity index (χ0n) is 17.3. The van der Waals surface area contributed by atoms with Crippen molar-refractivity contribution in [1.29, 1.82) is 0 Å². The smallest absolute Gasteiger partial charge is 0.216 e. The number of rotatable bonds is 8. The van der Waals surface area contributed by atoms with Gasteiger partial charge in [0.1, 0.15) is 5.82 Å². The minimum absolute atomic E-state index is 0.525. The van der Waals surface area contributed by atoms with Gasteiger partial charge >= 0.3 is 0 Å². The van der Waals surface area contributed by atoms with E-state index in [9.17, 15) is 0 Å². The number of aromatic nitrogens is 3. The summed E-state index contributed by atoms with van der Waals surface area (Å²) >= 11 is 0. The van der Waals surface area contributed by atoms with Gasteiger partial charge in [-0.05, 0) is 24.1 Å². The molecule has 8 nitrogen and oxygen atoms in total. The van der Waals surface area contributed by atoms with Crippen LogP contribution in [0.2, 0.25) is 0 Å². The zero-order chi connectivity index (χ0) is 20.6. The number of aromatic amines is 1. The highest BCUT2D eigenvalue weighted by Gasteiger charge is 2.25. The van der Waals surface area contributed by atoms with Crippen LogP contribution in [0.3, 0.4) is 0 Å². The minimum Gasteiger partial charge on any atom is -0.461 e. The van der Waals surface area contributed by atoms with E-state index in [2.05, 4.69) is 42.5 Å². The number of H-pyrrole nitrogens is 1. The second-order valence-electron chi connectivity index (χ2n) is 7.41. The molecule has 1 aliphatic heterocycles. The van der Waals surface area contributed by atoms with Gasteiger partial charge in [-0.15, -0.1) is 0 Å². The molecule has 158 valence electrons. The molecule has 2 aromatic heterocycles. The highest BCUT2D eigenvalue weighted by Crippen LogP contribution is 2.17. The molecule has 1 unspecified atom stereocenters. The lowest BCUT2D eigenvalue weighted by molar-refractivity contribution is 0.0907. The fourth-order valence-corrected chi connectivity index (χ4v) is 3.63. The molecule has 0 saturated carbocycles. The lowest BCUT2D eigenvalue weighted by Crippen LogP contribution is -2.41. The quantitative estimate of drug-likeness (QED) is 0.440. The van der Waals surface area contributed by atoms with E-state index in [4.69, 9.17) is 9.15 Å². The molecule has 0 bridgehead atoms. The molecule has 1 atom stereocenters. The summed E-state index contributed by atoms with van der Waals surface area (Å²) in [4.78, 5) is 11.2. The Bertz CT molecular complexity index is 922. The summed E-state index contributed by atoms with van der Waals surface area (Å²) in [6.45, 7) is 4.12. The molecule has 0 amide bonds. The molecule has 0 radical (unpaired) electrons. The summed E-state index contributed by atoms with van der Waals surface area (Å²) in [6, 6.07) is 14.0. The maximum absolute atomic E-state index is 5.92. The summed E-state index contributed by atoms with van der Waals surface area (Å²) in [6.07, 6.45) is 3.46. The summed E-state index contributed by atoms with van der Waals surface area (Å²) in [5, 5.41) is 10.6. The topological polar surface area (TPSA) is 91.6 Å². The van der Waals surface area contributed by atoms with Crippen LogP contribution in [0.4, 0.5) is 0 Å². The Kier molecular flexibility index (Phi) is 6.76. The predicted octanol–water partition coefficient (Wildman–Crippen LogP) is 2.72.